The largest absolute Gasteiger partial charge is 0.493 e. The lowest BCUT2D eigenvalue weighted by atomic mass is 10.2. The van der Waals surface area contributed by atoms with Crippen LogP contribution < -0.4 is 19.5 Å². The molecule has 1 N–H and O–H groups in total. The summed E-state index contributed by atoms with van der Waals surface area (Å²) in [7, 11) is 1.56. The summed E-state index contributed by atoms with van der Waals surface area (Å²) >= 11 is 0. The molecular weight excluding hydrogens is 378 g/mol. The number of furan rings is 1. The van der Waals surface area contributed by atoms with Crippen LogP contribution in [0.15, 0.2) is 57.4 Å². The molecule has 0 bridgehead atoms. The van der Waals surface area contributed by atoms with Crippen molar-refractivity contribution in [1.82, 2.24) is 10.2 Å². The number of hydrogen-bond donors (Lipinski definition) is 1. The Hall–Kier alpha value is -4.01. The molecule has 0 fully saturated rings. The summed E-state index contributed by atoms with van der Waals surface area (Å²) in [6, 6.07) is 14.3. The number of nitrogens with one attached hydrogen (secondary N) is 1. The Morgan fingerprint density at radius 2 is 1.97 bits per heavy atom. The number of nitrogens with zero attached hydrogens (tertiary/aromatic N) is 2. The van der Waals surface area contributed by atoms with Crippen molar-refractivity contribution in [3.8, 4) is 28.9 Å². The SMILES string of the molecule is COc1cccc2cc(-c3nnc(NC(=O)[C@@H]4COc5ccccc5O4)o3)oc12. The highest BCUT2D eigenvalue weighted by Crippen LogP contribution is 2.33. The fourth-order valence-electron chi connectivity index (χ4n) is 3.01. The van der Waals surface area contributed by atoms with Crippen molar-refractivity contribution in [3.05, 3.63) is 48.5 Å². The Kier molecular flexibility index (Phi) is 4.05. The normalized spacial score (nSPS) is 15.3. The van der Waals surface area contributed by atoms with Crippen LogP contribution in [0.2, 0.25) is 0 Å². The first kappa shape index (κ1) is 17.1. The zero-order valence-electron chi connectivity index (χ0n) is 15.2. The van der Waals surface area contributed by atoms with Gasteiger partial charge in [0.2, 0.25) is 6.10 Å². The molecule has 4 aromatic rings. The van der Waals surface area contributed by atoms with Crippen molar-refractivity contribution in [2.45, 2.75) is 6.10 Å². The van der Waals surface area contributed by atoms with Crippen LogP contribution in [-0.4, -0.2) is 35.9 Å². The molecule has 146 valence electrons. The second-order valence-corrected chi connectivity index (χ2v) is 6.26. The Bertz CT molecular complexity index is 1200. The van der Waals surface area contributed by atoms with Crippen molar-refractivity contribution < 1.29 is 27.8 Å². The molecule has 0 radical (unpaired) electrons. The van der Waals surface area contributed by atoms with Gasteiger partial charge in [-0.25, -0.2) is 0 Å². The number of amides is 1. The number of methoxy groups -OCH3 is 1. The van der Waals surface area contributed by atoms with Crippen LogP contribution in [0.5, 0.6) is 17.2 Å². The van der Waals surface area contributed by atoms with E-state index in [0.29, 0.717) is 28.6 Å². The van der Waals surface area contributed by atoms with Gasteiger partial charge in [-0.05, 0) is 24.3 Å². The van der Waals surface area contributed by atoms with Crippen molar-refractivity contribution in [2.24, 2.45) is 0 Å². The van der Waals surface area contributed by atoms with Crippen LogP contribution >= 0.6 is 0 Å². The van der Waals surface area contributed by atoms with Gasteiger partial charge in [0.05, 0.1) is 7.11 Å². The Labute approximate surface area is 164 Å². The van der Waals surface area contributed by atoms with Gasteiger partial charge in [0.1, 0.15) is 6.61 Å². The zero-order chi connectivity index (χ0) is 19.8. The van der Waals surface area contributed by atoms with E-state index in [1.54, 1.807) is 37.4 Å². The molecule has 9 nitrogen and oxygen atoms in total. The van der Waals surface area contributed by atoms with E-state index < -0.39 is 12.0 Å². The lowest BCUT2D eigenvalue weighted by molar-refractivity contribution is -0.125. The molecule has 1 atom stereocenters. The molecule has 9 heteroatoms. The summed E-state index contributed by atoms with van der Waals surface area (Å²) in [4.78, 5) is 12.5. The third-order valence-corrected chi connectivity index (χ3v) is 4.39. The van der Waals surface area contributed by atoms with E-state index in [9.17, 15) is 4.79 Å². The monoisotopic (exact) mass is 393 g/mol. The standard InChI is InChI=1S/C20H15N3O6/c1-25-14-8-4-5-11-9-15(28-17(11)14)19-22-23-20(29-19)21-18(24)16-10-26-12-6-2-3-7-13(12)27-16/h2-9,16H,10H2,1H3,(H,21,23,24)/t16-/m0/s1. The lowest BCUT2D eigenvalue weighted by Crippen LogP contribution is -2.40. The quantitative estimate of drug-likeness (QED) is 0.563. The Morgan fingerprint density at radius 1 is 1.10 bits per heavy atom. The fraction of sp³-hybridized carbons (Fsp3) is 0.150. The molecule has 0 aliphatic carbocycles. The molecule has 1 amide bonds. The van der Waals surface area contributed by atoms with Gasteiger partial charge >= 0.3 is 6.01 Å². The third kappa shape index (κ3) is 3.12. The minimum absolute atomic E-state index is 0.0696. The van der Waals surface area contributed by atoms with Crippen LogP contribution in [-0.2, 0) is 4.79 Å². The number of carbonyl (C=O) groups is 1. The second-order valence-electron chi connectivity index (χ2n) is 6.26. The number of para-hydroxylation sites is 3. The minimum Gasteiger partial charge on any atom is -0.493 e. The van der Waals surface area contributed by atoms with E-state index >= 15 is 0 Å². The van der Waals surface area contributed by atoms with Crippen LogP contribution in [0.25, 0.3) is 22.6 Å². The summed E-state index contributed by atoms with van der Waals surface area (Å²) in [5.74, 6) is 1.73. The maximum Gasteiger partial charge on any atom is 0.322 e. The first-order valence-electron chi connectivity index (χ1n) is 8.81. The van der Waals surface area contributed by atoms with Gasteiger partial charge in [-0.2, -0.15) is 0 Å². The van der Waals surface area contributed by atoms with Crippen molar-refractivity contribution in [3.63, 3.8) is 0 Å². The highest BCUT2D eigenvalue weighted by Gasteiger charge is 2.28. The molecule has 2 aromatic heterocycles. The number of carbonyl (C=O) groups excluding carboxylic acids is 1. The first-order valence-corrected chi connectivity index (χ1v) is 8.81. The first-order chi connectivity index (χ1) is 14.2. The molecule has 0 spiro atoms. The Morgan fingerprint density at radius 3 is 2.83 bits per heavy atom. The van der Waals surface area contributed by atoms with Crippen molar-refractivity contribution in [2.75, 3.05) is 19.0 Å². The van der Waals surface area contributed by atoms with Crippen LogP contribution in [0.4, 0.5) is 6.01 Å². The zero-order valence-corrected chi connectivity index (χ0v) is 15.2. The number of benzene rings is 2. The molecule has 1 aliphatic rings. The predicted octanol–water partition coefficient (Wildman–Crippen LogP) is 3.27. The molecule has 0 saturated carbocycles. The molecule has 5 rings (SSSR count). The summed E-state index contributed by atoms with van der Waals surface area (Å²) in [6.45, 7) is 0.0766. The molecule has 2 aromatic carbocycles. The van der Waals surface area contributed by atoms with E-state index in [0.717, 1.165) is 5.39 Å². The van der Waals surface area contributed by atoms with Gasteiger partial charge in [-0.15, -0.1) is 5.10 Å². The van der Waals surface area contributed by atoms with Gasteiger partial charge in [-0.1, -0.05) is 29.4 Å². The average molecular weight is 393 g/mol. The molecule has 29 heavy (non-hydrogen) atoms. The van der Waals surface area contributed by atoms with E-state index in [4.69, 9.17) is 23.0 Å². The topological polar surface area (TPSA) is 109 Å². The molecule has 0 unspecified atom stereocenters. The highest BCUT2D eigenvalue weighted by molar-refractivity contribution is 5.93. The second kappa shape index (κ2) is 6.86. The number of anilines is 1. The highest BCUT2D eigenvalue weighted by atomic mass is 16.6. The molecule has 1 aliphatic heterocycles. The number of ether oxygens (including phenoxy) is 3. The van der Waals surface area contributed by atoms with E-state index in [1.165, 1.54) is 0 Å². The van der Waals surface area contributed by atoms with Crippen molar-refractivity contribution in [1.29, 1.82) is 0 Å². The van der Waals surface area contributed by atoms with Gasteiger partial charge < -0.3 is 23.0 Å². The number of rotatable bonds is 4. The van der Waals surface area contributed by atoms with Crippen LogP contribution in [0.3, 0.4) is 0 Å². The van der Waals surface area contributed by atoms with E-state index in [1.807, 2.05) is 18.2 Å². The molecule has 3 heterocycles. The number of fused-ring (bicyclic) bond motifs is 2. The van der Waals surface area contributed by atoms with Crippen molar-refractivity contribution >= 4 is 22.9 Å². The average Bonchev–Trinajstić information content (AvgIpc) is 3.40. The van der Waals surface area contributed by atoms with E-state index in [-0.39, 0.29) is 18.5 Å². The summed E-state index contributed by atoms with van der Waals surface area (Å²) in [5, 5.41) is 11.1. The smallest absolute Gasteiger partial charge is 0.322 e. The summed E-state index contributed by atoms with van der Waals surface area (Å²) in [6.07, 6.45) is -0.837. The van der Waals surface area contributed by atoms with Gasteiger partial charge in [0, 0.05) is 5.39 Å². The molecular formula is C20H15N3O6. The van der Waals surface area contributed by atoms with Gasteiger partial charge in [0.15, 0.2) is 28.6 Å². The summed E-state index contributed by atoms with van der Waals surface area (Å²) < 4.78 is 27.8. The third-order valence-electron chi connectivity index (χ3n) is 4.39. The van der Waals surface area contributed by atoms with Crippen LogP contribution in [0.1, 0.15) is 0 Å². The number of aromatic nitrogens is 2. The van der Waals surface area contributed by atoms with Gasteiger partial charge in [-0.3, -0.25) is 10.1 Å². The fourth-order valence-corrected chi connectivity index (χ4v) is 3.01. The molecule has 0 saturated heterocycles. The lowest BCUT2D eigenvalue weighted by Gasteiger charge is -2.24. The van der Waals surface area contributed by atoms with Crippen LogP contribution in [0, 0.1) is 0 Å². The predicted molar refractivity (Wildman–Crippen MR) is 101 cm³/mol. The maximum absolute atomic E-state index is 12.5. The summed E-state index contributed by atoms with van der Waals surface area (Å²) in [5.41, 5.74) is 0.570. The van der Waals surface area contributed by atoms with Gasteiger partial charge in [0.25, 0.3) is 11.8 Å². The number of hydrogen-bond acceptors (Lipinski definition) is 8. The minimum atomic E-state index is -0.837. The van der Waals surface area contributed by atoms with E-state index in [2.05, 4.69) is 15.5 Å². The maximum atomic E-state index is 12.5. The Balaban J connectivity index is 1.32.